The molecule has 0 aromatic rings. The van der Waals surface area contributed by atoms with Crippen LogP contribution in [-0.4, -0.2) is 41.9 Å². The fraction of sp³-hybridized carbons (Fsp3) is 0.929. The summed E-state index contributed by atoms with van der Waals surface area (Å²) in [7, 11) is 0. The third kappa shape index (κ3) is 3.87. The van der Waals surface area contributed by atoms with Crippen molar-refractivity contribution in [2.45, 2.75) is 58.2 Å². The van der Waals surface area contributed by atoms with Crippen molar-refractivity contribution in [2.24, 2.45) is 5.92 Å². The Morgan fingerprint density at radius 2 is 2.06 bits per heavy atom. The monoisotopic (exact) mass is 255 g/mol. The van der Waals surface area contributed by atoms with E-state index in [0.717, 1.165) is 25.5 Å². The number of carbonyl (C=O) groups excluding carboxylic acids is 1. The van der Waals surface area contributed by atoms with Crippen LogP contribution in [0, 0.1) is 5.92 Å². The van der Waals surface area contributed by atoms with Gasteiger partial charge in [0.1, 0.15) is 5.60 Å². The fourth-order valence-corrected chi connectivity index (χ4v) is 2.14. The molecule has 4 nitrogen and oxygen atoms in total. The SMILES string of the molecule is CC(C)(C)OC(=O)N1CCC(C)(OCC2CC2)C1. The molecule has 0 radical (unpaired) electrons. The van der Waals surface area contributed by atoms with Gasteiger partial charge in [-0.25, -0.2) is 4.79 Å². The first-order valence-electron chi connectivity index (χ1n) is 6.89. The highest BCUT2D eigenvalue weighted by Crippen LogP contribution is 2.33. The molecule has 0 spiro atoms. The van der Waals surface area contributed by atoms with Crippen LogP contribution in [0.15, 0.2) is 0 Å². The fourth-order valence-electron chi connectivity index (χ4n) is 2.14. The van der Waals surface area contributed by atoms with Gasteiger partial charge < -0.3 is 14.4 Å². The number of rotatable bonds is 3. The number of amides is 1. The number of hydrogen-bond acceptors (Lipinski definition) is 3. The van der Waals surface area contributed by atoms with Crippen molar-refractivity contribution in [3.63, 3.8) is 0 Å². The predicted molar refractivity (Wildman–Crippen MR) is 69.5 cm³/mol. The van der Waals surface area contributed by atoms with Crippen molar-refractivity contribution in [3.05, 3.63) is 0 Å². The molecule has 1 saturated carbocycles. The summed E-state index contributed by atoms with van der Waals surface area (Å²) in [5.74, 6) is 0.761. The molecule has 1 heterocycles. The predicted octanol–water partition coefficient (Wildman–Crippen LogP) is 2.81. The Balaban J connectivity index is 1.80. The number of ether oxygens (including phenoxy) is 2. The maximum atomic E-state index is 11.9. The van der Waals surface area contributed by atoms with Gasteiger partial charge in [0.05, 0.1) is 18.8 Å². The minimum Gasteiger partial charge on any atom is -0.444 e. The summed E-state index contributed by atoms with van der Waals surface area (Å²) in [5.41, 5.74) is -0.607. The Hall–Kier alpha value is -0.770. The zero-order chi connectivity index (χ0) is 13.4. The minimum absolute atomic E-state index is 0.181. The van der Waals surface area contributed by atoms with Crippen LogP contribution in [0.5, 0.6) is 0 Å². The molecular formula is C14H25NO3. The minimum atomic E-state index is -0.426. The zero-order valence-electron chi connectivity index (χ0n) is 12.0. The second kappa shape index (κ2) is 4.72. The summed E-state index contributed by atoms with van der Waals surface area (Å²) >= 11 is 0. The lowest BCUT2D eigenvalue weighted by Gasteiger charge is -2.27. The first-order valence-corrected chi connectivity index (χ1v) is 6.89. The second-order valence-corrected chi connectivity index (χ2v) is 6.86. The Kier molecular flexibility index (Phi) is 3.58. The van der Waals surface area contributed by atoms with Crippen molar-refractivity contribution >= 4 is 6.09 Å². The van der Waals surface area contributed by atoms with Gasteiger partial charge in [0.15, 0.2) is 0 Å². The molecule has 1 amide bonds. The molecule has 1 saturated heterocycles. The van der Waals surface area contributed by atoms with Gasteiger partial charge in [-0.15, -0.1) is 0 Å². The average molecular weight is 255 g/mol. The molecule has 1 atom stereocenters. The van der Waals surface area contributed by atoms with Crippen LogP contribution in [0.3, 0.4) is 0 Å². The maximum Gasteiger partial charge on any atom is 0.410 e. The molecule has 1 aliphatic carbocycles. The Bertz CT molecular complexity index is 319. The quantitative estimate of drug-likeness (QED) is 0.778. The van der Waals surface area contributed by atoms with Crippen molar-refractivity contribution in [1.82, 2.24) is 4.90 Å². The van der Waals surface area contributed by atoms with E-state index in [1.165, 1.54) is 12.8 Å². The molecule has 4 heteroatoms. The van der Waals surface area contributed by atoms with Gasteiger partial charge >= 0.3 is 6.09 Å². The average Bonchev–Trinajstić information content (AvgIpc) is 2.97. The lowest BCUT2D eigenvalue weighted by atomic mass is 10.1. The number of nitrogens with zero attached hydrogens (tertiary/aromatic N) is 1. The summed E-state index contributed by atoms with van der Waals surface area (Å²) < 4.78 is 11.4. The topological polar surface area (TPSA) is 38.8 Å². The number of likely N-dealkylation sites (tertiary alicyclic amines) is 1. The van der Waals surface area contributed by atoms with Gasteiger partial charge in [0.25, 0.3) is 0 Å². The molecule has 2 aliphatic rings. The summed E-state index contributed by atoms with van der Waals surface area (Å²) in [6, 6.07) is 0. The molecule has 2 fully saturated rings. The molecule has 104 valence electrons. The summed E-state index contributed by atoms with van der Waals surface area (Å²) in [6.07, 6.45) is 3.28. The van der Waals surface area contributed by atoms with E-state index in [1.54, 1.807) is 4.90 Å². The zero-order valence-corrected chi connectivity index (χ0v) is 12.0. The van der Waals surface area contributed by atoms with Gasteiger partial charge in [-0.2, -0.15) is 0 Å². The lowest BCUT2D eigenvalue weighted by Crippen LogP contribution is -2.39. The van der Waals surface area contributed by atoms with Gasteiger partial charge in [-0.05, 0) is 52.9 Å². The lowest BCUT2D eigenvalue weighted by molar-refractivity contribution is -0.0319. The normalized spacial score (nSPS) is 28.6. The van der Waals surface area contributed by atoms with Gasteiger partial charge in [0, 0.05) is 6.54 Å². The summed E-state index contributed by atoms with van der Waals surface area (Å²) in [6.45, 7) is 10.0. The van der Waals surface area contributed by atoms with Crippen LogP contribution < -0.4 is 0 Å². The van der Waals surface area contributed by atoms with Crippen LogP contribution in [0.1, 0.15) is 47.0 Å². The first kappa shape index (κ1) is 13.7. The summed E-state index contributed by atoms with van der Waals surface area (Å²) in [4.78, 5) is 13.7. The summed E-state index contributed by atoms with van der Waals surface area (Å²) in [5, 5.41) is 0. The van der Waals surface area contributed by atoms with E-state index in [2.05, 4.69) is 6.92 Å². The third-order valence-corrected chi connectivity index (χ3v) is 3.45. The standard InChI is InChI=1S/C14H25NO3/c1-13(2,3)18-12(16)15-8-7-14(4,10-15)17-9-11-5-6-11/h11H,5-10H2,1-4H3. The molecule has 2 rings (SSSR count). The third-order valence-electron chi connectivity index (χ3n) is 3.45. The molecule has 0 aromatic heterocycles. The van der Waals surface area contributed by atoms with Gasteiger partial charge in [-0.3, -0.25) is 0 Å². The van der Waals surface area contributed by atoms with Crippen LogP contribution in [0.4, 0.5) is 4.79 Å². The van der Waals surface area contributed by atoms with Crippen LogP contribution in [0.25, 0.3) is 0 Å². The van der Waals surface area contributed by atoms with Crippen LogP contribution >= 0.6 is 0 Å². The molecule has 0 N–H and O–H groups in total. The highest BCUT2D eigenvalue weighted by Gasteiger charge is 2.39. The van der Waals surface area contributed by atoms with Crippen molar-refractivity contribution in [1.29, 1.82) is 0 Å². The molecular weight excluding hydrogens is 230 g/mol. The second-order valence-electron chi connectivity index (χ2n) is 6.86. The highest BCUT2D eigenvalue weighted by atomic mass is 16.6. The van der Waals surface area contributed by atoms with Crippen molar-refractivity contribution < 1.29 is 14.3 Å². The largest absolute Gasteiger partial charge is 0.444 e. The smallest absolute Gasteiger partial charge is 0.410 e. The van der Waals surface area contributed by atoms with Crippen molar-refractivity contribution in [3.8, 4) is 0 Å². The Labute approximate surface area is 110 Å². The van der Waals surface area contributed by atoms with E-state index in [4.69, 9.17) is 9.47 Å². The van der Waals surface area contributed by atoms with E-state index in [9.17, 15) is 4.79 Å². The van der Waals surface area contributed by atoms with Crippen LogP contribution in [0.2, 0.25) is 0 Å². The van der Waals surface area contributed by atoms with E-state index in [1.807, 2.05) is 20.8 Å². The highest BCUT2D eigenvalue weighted by molar-refractivity contribution is 5.68. The van der Waals surface area contributed by atoms with E-state index in [-0.39, 0.29) is 11.7 Å². The molecule has 1 unspecified atom stereocenters. The van der Waals surface area contributed by atoms with Crippen molar-refractivity contribution in [2.75, 3.05) is 19.7 Å². The Morgan fingerprint density at radius 3 is 2.61 bits per heavy atom. The van der Waals surface area contributed by atoms with Crippen LogP contribution in [-0.2, 0) is 9.47 Å². The number of carbonyl (C=O) groups is 1. The molecule has 0 aromatic carbocycles. The van der Waals surface area contributed by atoms with E-state index < -0.39 is 5.60 Å². The molecule has 18 heavy (non-hydrogen) atoms. The Morgan fingerprint density at radius 1 is 1.39 bits per heavy atom. The number of hydrogen-bond donors (Lipinski definition) is 0. The first-order chi connectivity index (χ1) is 8.27. The molecule has 1 aliphatic heterocycles. The van der Waals surface area contributed by atoms with Gasteiger partial charge in [0.2, 0.25) is 0 Å². The van der Waals surface area contributed by atoms with E-state index in [0.29, 0.717) is 6.54 Å². The maximum absolute atomic E-state index is 11.9. The van der Waals surface area contributed by atoms with E-state index >= 15 is 0 Å². The molecule has 0 bridgehead atoms. The van der Waals surface area contributed by atoms with Gasteiger partial charge in [-0.1, -0.05) is 0 Å².